The van der Waals surface area contributed by atoms with Crippen LogP contribution in [0.25, 0.3) is 0 Å². The van der Waals surface area contributed by atoms with Gasteiger partial charge in [0, 0.05) is 17.5 Å². The summed E-state index contributed by atoms with van der Waals surface area (Å²) in [6.45, 7) is 1.29. The fraction of sp³-hybridized carbons (Fsp3) is 0.375. The highest BCUT2D eigenvalue weighted by Crippen LogP contribution is 2.20. The van der Waals surface area contributed by atoms with Gasteiger partial charge in [-0.1, -0.05) is 6.92 Å². The number of amides is 2. The Morgan fingerprint density at radius 1 is 1.00 bits per heavy atom. The SMILES string of the molecule is COC(=O)C(C(=O)OC)[C@H](C)[C@@H](NC(=O)c1cc(F)cc(F)c1)C(N)=O. The average Bonchev–Trinajstić information content (AvgIpc) is 2.57. The minimum atomic E-state index is -1.55. The second kappa shape index (κ2) is 8.88. The summed E-state index contributed by atoms with van der Waals surface area (Å²) in [6.07, 6.45) is 0. The van der Waals surface area contributed by atoms with Crippen molar-refractivity contribution in [1.29, 1.82) is 0 Å². The highest BCUT2D eigenvalue weighted by atomic mass is 19.1. The predicted molar refractivity (Wildman–Crippen MR) is 83.5 cm³/mol. The van der Waals surface area contributed by atoms with E-state index in [9.17, 15) is 28.0 Å². The van der Waals surface area contributed by atoms with Crippen molar-refractivity contribution in [3.63, 3.8) is 0 Å². The Morgan fingerprint density at radius 2 is 1.46 bits per heavy atom. The Kier molecular flexibility index (Phi) is 7.17. The van der Waals surface area contributed by atoms with Crippen LogP contribution in [0.4, 0.5) is 8.78 Å². The van der Waals surface area contributed by atoms with E-state index in [1.165, 1.54) is 6.92 Å². The number of halogens is 2. The molecule has 3 N–H and O–H groups in total. The van der Waals surface area contributed by atoms with Crippen LogP contribution in [0, 0.1) is 23.5 Å². The van der Waals surface area contributed by atoms with Crippen LogP contribution in [-0.2, 0) is 23.9 Å². The molecule has 10 heteroatoms. The lowest BCUT2D eigenvalue weighted by Gasteiger charge is -2.26. The maximum absolute atomic E-state index is 13.2. The number of methoxy groups -OCH3 is 2. The fourth-order valence-corrected chi connectivity index (χ4v) is 2.34. The molecule has 0 radical (unpaired) electrons. The summed E-state index contributed by atoms with van der Waals surface area (Å²) in [5, 5.41) is 2.16. The van der Waals surface area contributed by atoms with Crippen LogP contribution < -0.4 is 11.1 Å². The lowest BCUT2D eigenvalue weighted by molar-refractivity contribution is -0.161. The summed E-state index contributed by atoms with van der Waals surface area (Å²) in [7, 11) is 2.05. The normalized spacial score (nSPS) is 12.8. The van der Waals surface area contributed by atoms with E-state index in [1.54, 1.807) is 0 Å². The monoisotopic (exact) mass is 372 g/mol. The highest BCUT2D eigenvalue weighted by molar-refractivity contribution is 5.99. The summed E-state index contributed by atoms with van der Waals surface area (Å²) in [5.41, 5.74) is 4.83. The van der Waals surface area contributed by atoms with E-state index in [0.717, 1.165) is 26.4 Å². The third-order valence-electron chi connectivity index (χ3n) is 3.68. The van der Waals surface area contributed by atoms with E-state index >= 15 is 0 Å². The molecule has 1 rings (SSSR count). The van der Waals surface area contributed by atoms with Crippen LogP contribution in [0.2, 0.25) is 0 Å². The highest BCUT2D eigenvalue weighted by Gasteiger charge is 2.41. The van der Waals surface area contributed by atoms with E-state index in [2.05, 4.69) is 14.8 Å². The minimum absolute atomic E-state index is 0.409. The number of ether oxygens (including phenoxy) is 2. The Labute approximate surface area is 147 Å². The molecule has 26 heavy (non-hydrogen) atoms. The molecule has 0 aliphatic carbocycles. The lowest BCUT2D eigenvalue weighted by Crippen LogP contribution is -2.52. The van der Waals surface area contributed by atoms with Crippen LogP contribution in [0.1, 0.15) is 17.3 Å². The van der Waals surface area contributed by atoms with Crippen molar-refractivity contribution < 1.29 is 37.4 Å². The zero-order valence-corrected chi connectivity index (χ0v) is 14.2. The molecule has 0 bridgehead atoms. The van der Waals surface area contributed by atoms with Crippen molar-refractivity contribution in [2.24, 2.45) is 17.6 Å². The van der Waals surface area contributed by atoms with Gasteiger partial charge in [0.25, 0.3) is 5.91 Å². The summed E-state index contributed by atoms with van der Waals surface area (Å²) in [5.74, 6) is -8.79. The Morgan fingerprint density at radius 3 is 1.85 bits per heavy atom. The molecule has 8 nitrogen and oxygen atoms in total. The Bertz CT molecular complexity index is 688. The van der Waals surface area contributed by atoms with Crippen molar-refractivity contribution in [2.45, 2.75) is 13.0 Å². The smallest absolute Gasteiger partial charge is 0.320 e. The zero-order valence-electron chi connectivity index (χ0n) is 14.2. The molecule has 0 aliphatic heterocycles. The van der Waals surface area contributed by atoms with Crippen molar-refractivity contribution >= 4 is 23.8 Å². The minimum Gasteiger partial charge on any atom is -0.468 e. The second-order valence-corrected chi connectivity index (χ2v) is 5.39. The van der Waals surface area contributed by atoms with Gasteiger partial charge in [0.2, 0.25) is 5.91 Å². The van der Waals surface area contributed by atoms with E-state index in [1.807, 2.05) is 0 Å². The standard InChI is InChI=1S/C16H18F2N2O6/c1-7(11(15(23)25-2)16(24)26-3)12(13(19)21)20-14(22)8-4-9(17)6-10(18)5-8/h4-7,11-12H,1-3H3,(H2,19,21)(H,20,22)/t7-,12+/m0/s1. The van der Waals surface area contributed by atoms with Gasteiger partial charge < -0.3 is 20.5 Å². The molecule has 0 saturated heterocycles. The van der Waals surface area contributed by atoms with Crippen LogP contribution in [0.3, 0.4) is 0 Å². The number of esters is 2. The number of nitrogens with one attached hydrogen (secondary N) is 1. The molecule has 0 unspecified atom stereocenters. The number of nitrogens with two attached hydrogens (primary N) is 1. The summed E-state index contributed by atoms with van der Waals surface area (Å²) in [6, 6.07) is 0.547. The van der Waals surface area contributed by atoms with Crippen LogP contribution >= 0.6 is 0 Å². The lowest BCUT2D eigenvalue weighted by atomic mass is 9.86. The molecule has 0 fully saturated rings. The fourth-order valence-electron chi connectivity index (χ4n) is 2.34. The number of carbonyl (C=O) groups is 4. The molecule has 142 valence electrons. The van der Waals surface area contributed by atoms with Gasteiger partial charge in [0.1, 0.15) is 17.7 Å². The van der Waals surface area contributed by atoms with E-state index in [0.29, 0.717) is 6.07 Å². The number of hydrogen-bond acceptors (Lipinski definition) is 6. The first-order chi connectivity index (χ1) is 12.1. The first-order valence-electron chi connectivity index (χ1n) is 7.34. The summed E-state index contributed by atoms with van der Waals surface area (Å²) >= 11 is 0. The Hall–Kier alpha value is -3.04. The first kappa shape index (κ1) is 21.0. The maximum atomic E-state index is 13.2. The molecule has 2 amide bonds. The second-order valence-electron chi connectivity index (χ2n) is 5.39. The number of benzene rings is 1. The Balaban J connectivity index is 3.13. The quantitative estimate of drug-likeness (QED) is 0.518. The molecule has 1 aromatic rings. The third-order valence-corrected chi connectivity index (χ3v) is 3.68. The van der Waals surface area contributed by atoms with Gasteiger partial charge in [0.15, 0.2) is 5.92 Å². The maximum Gasteiger partial charge on any atom is 0.320 e. The van der Waals surface area contributed by atoms with Gasteiger partial charge in [0.05, 0.1) is 14.2 Å². The third kappa shape index (κ3) is 4.98. The molecule has 0 aromatic heterocycles. The van der Waals surface area contributed by atoms with E-state index < -0.39 is 58.8 Å². The van der Waals surface area contributed by atoms with Crippen molar-refractivity contribution in [2.75, 3.05) is 14.2 Å². The number of primary amides is 1. The van der Waals surface area contributed by atoms with Crippen LogP contribution in [0.15, 0.2) is 18.2 Å². The van der Waals surface area contributed by atoms with Crippen molar-refractivity contribution in [3.05, 3.63) is 35.4 Å². The molecule has 0 aliphatic rings. The zero-order chi connectivity index (χ0) is 20.0. The van der Waals surface area contributed by atoms with E-state index in [-0.39, 0.29) is 0 Å². The predicted octanol–water partition coefficient (Wildman–Crippen LogP) is 0.147. The molecular formula is C16H18F2N2O6. The van der Waals surface area contributed by atoms with Crippen LogP contribution in [-0.4, -0.2) is 44.0 Å². The van der Waals surface area contributed by atoms with Crippen molar-refractivity contribution in [1.82, 2.24) is 5.32 Å². The van der Waals surface area contributed by atoms with Crippen molar-refractivity contribution in [3.8, 4) is 0 Å². The summed E-state index contributed by atoms with van der Waals surface area (Å²) < 4.78 is 35.5. The number of hydrogen-bond donors (Lipinski definition) is 2. The van der Waals surface area contributed by atoms with Gasteiger partial charge in [-0.25, -0.2) is 8.78 Å². The van der Waals surface area contributed by atoms with E-state index in [4.69, 9.17) is 5.73 Å². The largest absolute Gasteiger partial charge is 0.468 e. The number of rotatable bonds is 7. The van der Waals surface area contributed by atoms with Gasteiger partial charge >= 0.3 is 11.9 Å². The van der Waals surface area contributed by atoms with Gasteiger partial charge in [-0.3, -0.25) is 19.2 Å². The summed E-state index contributed by atoms with van der Waals surface area (Å²) in [4.78, 5) is 47.6. The molecule has 0 saturated carbocycles. The topological polar surface area (TPSA) is 125 Å². The average molecular weight is 372 g/mol. The molecule has 2 atom stereocenters. The van der Waals surface area contributed by atoms with Gasteiger partial charge in [-0.05, 0) is 12.1 Å². The molecule has 0 heterocycles. The molecular weight excluding hydrogens is 354 g/mol. The number of carbonyl (C=O) groups excluding carboxylic acids is 4. The molecule has 0 spiro atoms. The first-order valence-corrected chi connectivity index (χ1v) is 7.34. The van der Waals surface area contributed by atoms with Crippen LogP contribution in [0.5, 0.6) is 0 Å². The molecule has 1 aromatic carbocycles. The van der Waals surface area contributed by atoms with Gasteiger partial charge in [-0.15, -0.1) is 0 Å². The van der Waals surface area contributed by atoms with Gasteiger partial charge in [-0.2, -0.15) is 0 Å².